The van der Waals surface area contributed by atoms with Gasteiger partial charge in [-0.3, -0.25) is 0 Å². The van der Waals surface area contributed by atoms with E-state index in [0.717, 1.165) is 12.0 Å². The highest BCUT2D eigenvalue weighted by molar-refractivity contribution is 6.83. The highest BCUT2D eigenvalue weighted by atomic mass is 28.4. The summed E-state index contributed by atoms with van der Waals surface area (Å²) in [6.07, 6.45) is 5.96. The molecule has 26 heavy (non-hydrogen) atoms. The third-order valence-electron chi connectivity index (χ3n) is 4.27. The molecule has 0 bridgehead atoms. The standard InChI is InChI=1S/C21H38O3Si2/c1-11-23-20(22)15-13-18(2)12-14-19(16-17-25(6,7)8)24-26(9,10)21(3,4)5/h12-13,15,19H,11,14H2,1-10H3/b15-13+,18-12+/t19-/m1/s1. The molecule has 3 nitrogen and oxygen atoms in total. The molecule has 0 aromatic carbocycles. The number of rotatable bonds is 7. The molecule has 0 fully saturated rings. The number of ether oxygens (including phenoxy) is 1. The normalized spacial score (nSPS) is 14.8. The van der Waals surface area contributed by atoms with Crippen LogP contribution < -0.4 is 0 Å². The van der Waals surface area contributed by atoms with Crippen molar-refractivity contribution in [2.45, 2.75) is 84.9 Å². The maximum atomic E-state index is 11.4. The molecule has 0 saturated carbocycles. The summed E-state index contributed by atoms with van der Waals surface area (Å²) in [6.45, 7) is 22.1. The van der Waals surface area contributed by atoms with Gasteiger partial charge in [-0.1, -0.05) is 64.1 Å². The molecular formula is C21H38O3Si2. The van der Waals surface area contributed by atoms with Crippen LogP contribution in [0.1, 0.15) is 41.0 Å². The van der Waals surface area contributed by atoms with Crippen molar-refractivity contribution in [3.8, 4) is 11.5 Å². The summed E-state index contributed by atoms with van der Waals surface area (Å²) in [4.78, 5) is 11.4. The van der Waals surface area contributed by atoms with Gasteiger partial charge in [0, 0.05) is 12.5 Å². The first-order valence-electron chi connectivity index (χ1n) is 9.40. The lowest BCUT2D eigenvalue weighted by atomic mass is 10.2. The van der Waals surface area contributed by atoms with E-state index < -0.39 is 16.4 Å². The van der Waals surface area contributed by atoms with E-state index in [1.165, 1.54) is 6.08 Å². The van der Waals surface area contributed by atoms with E-state index in [2.05, 4.69) is 71.0 Å². The smallest absolute Gasteiger partial charge is 0.330 e. The summed E-state index contributed by atoms with van der Waals surface area (Å²) < 4.78 is 11.4. The van der Waals surface area contributed by atoms with Crippen LogP contribution in [0.2, 0.25) is 37.8 Å². The van der Waals surface area contributed by atoms with Crippen LogP contribution in [-0.4, -0.2) is 35.1 Å². The van der Waals surface area contributed by atoms with Crippen LogP contribution in [0, 0.1) is 11.5 Å². The van der Waals surface area contributed by atoms with Gasteiger partial charge in [0.2, 0.25) is 0 Å². The molecule has 0 spiro atoms. The molecule has 0 aromatic rings. The Balaban J connectivity index is 5.27. The van der Waals surface area contributed by atoms with Gasteiger partial charge in [-0.15, -0.1) is 5.54 Å². The van der Waals surface area contributed by atoms with Crippen molar-refractivity contribution in [2.24, 2.45) is 0 Å². The van der Waals surface area contributed by atoms with E-state index in [1.807, 2.05) is 6.92 Å². The van der Waals surface area contributed by atoms with Gasteiger partial charge in [-0.05, 0) is 32.0 Å². The Labute approximate surface area is 163 Å². The minimum absolute atomic E-state index is 0.103. The lowest BCUT2D eigenvalue weighted by molar-refractivity contribution is -0.137. The van der Waals surface area contributed by atoms with Crippen LogP contribution in [-0.2, 0) is 14.0 Å². The van der Waals surface area contributed by atoms with Crippen LogP contribution in [0.5, 0.6) is 0 Å². The number of carbonyl (C=O) groups is 1. The minimum atomic E-state index is -1.89. The van der Waals surface area contributed by atoms with Gasteiger partial charge in [0.05, 0.1) is 6.61 Å². The molecule has 0 heterocycles. The summed E-state index contributed by atoms with van der Waals surface area (Å²) in [5, 5.41) is 0.147. The molecule has 0 rings (SSSR count). The van der Waals surface area contributed by atoms with E-state index in [4.69, 9.17) is 9.16 Å². The van der Waals surface area contributed by atoms with Gasteiger partial charge < -0.3 is 9.16 Å². The number of allylic oxidation sites excluding steroid dienone is 2. The summed E-state index contributed by atoms with van der Waals surface area (Å²) in [5.41, 5.74) is 4.46. The van der Waals surface area contributed by atoms with Crippen LogP contribution in [0.15, 0.2) is 23.8 Å². The molecule has 0 aliphatic rings. The van der Waals surface area contributed by atoms with Gasteiger partial charge in [-0.25, -0.2) is 4.79 Å². The number of hydrogen-bond donors (Lipinski definition) is 0. The molecule has 0 radical (unpaired) electrons. The molecule has 148 valence electrons. The molecule has 0 aliphatic heterocycles. The number of carbonyl (C=O) groups excluding carboxylic acids is 1. The zero-order valence-corrected chi connectivity index (χ0v) is 20.4. The second-order valence-electron chi connectivity index (χ2n) is 9.16. The van der Waals surface area contributed by atoms with Crippen LogP contribution in [0.25, 0.3) is 0 Å². The van der Waals surface area contributed by atoms with Gasteiger partial charge in [0.15, 0.2) is 8.32 Å². The molecule has 5 heteroatoms. The Morgan fingerprint density at radius 1 is 1.12 bits per heavy atom. The summed E-state index contributed by atoms with van der Waals surface area (Å²) in [6, 6.07) is 0. The van der Waals surface area contributed by atoms with Crippen molar-refractivity contribution in [3.05, 3.63) is 23.8 Å². The Hall–Kier alpha value is -1.10. The second-order valence-corrected chi connectivity index (χ2v) is 18.7. The average molecular weight is 395 g/mol. The molecule has 0 aliphatic carbocycles. The van der Waals surface area contributed by atoms with Gasteiger partial charge >= 0.3 is 5.97 Å². The predicted octanol–water partition coefficient (Wildman–Crippen LogP) is 5.71. The first kappa shape index (κ1) is 24.9. The van der Waals surface area contributed by atoms with E-state index in [-0.39, 0.29) is 17.1 Å². The largest absolute Gasteiger partial charge is 0.463 e. The number of esters is 1. The predicted molar refractivity (Wildman–Crippen MR) is 117 cm³/mol. The Bertz CT molecular complexity index is 579. The van der Waals surface area contributed by atoms with Crippen molar-refractivity contribution in [1.29, 1.82) is 0 Å². The lowest BCUT2D eigenvalue weighted by Gasteiger charge is -2.38. The SMILES string of the molecule is CCOC(=O)/C=C/C(C)=C/C[C@H](C#C[Si](C)(C)C)O[Si](C)(C)C(C)(C)C. The molecule has 0 amide bonds. The molecule has 0 unspecified atom stereocenters. The fourth-order valence-corrected chi connectivity index (χ4v) is 3.53. The van der Waals surface area contributed by atoms with Crippen LogP contribution >= 0.6 is 0 Å². The van der Waals surface area contributed by atoms with Crippen molar-refractivity contribution >= 4 is 22.4 Å². The zero-order chi connectivity index (χ0) is 20.6. The monoisotopic (exact) mass is 394 g/mol. The molecule has 0 aromatic heterocycles. The Morgan fingerprint density at radius 3 is 2.15 bits per heavy atom. The number of hydrogen-bond acceptors (Lipinski definition) is 3. The quantitative estimate of drug-likeness (QED) is 0.182. The van der Waals surface area contributed by atoms with Gasteiger partial charge in [0.25, 0.3) is 0 Å². The lowest BCUT2D eigenvalue weighted by Crippen LogP contribution is -2.43. The van der Waals surface area contributed by atoms with Crippen molar-refractivity contribution in [2.75, 3.05) is 6.61 Å². The molecule has 0 N–H and O–H groups in total. The highest BCUT2D eigenvalue weighted by Gasteiger charge is 2.38. The van der Waals surface area contributed by atoms with E-state index in [1.54, 1.807) is 13.0 Å². The molecule has 0 saturated heterocycles. The maximum absolute atomic E-state index is 11.4. The van der Waals surface area contributed by atoms with Gasteiger partial charge in [-0.2, -0.15) is 0 Å². The fourth-order valence-electron chi connectivity index (χ4n) is 1.72. The Morgan fingerprint density at radius 2 is 1.69 bits per heavy atom. The van der Waals surface area contributed by atoms with Gasteiger partial charge in [0.1, 0.15) is 14.2 Å². The highest BCUT2D eigenvalue weighted by Crippen LogP contribution is 2.37. The van der Waals surface area contributed by atoms with Crippen molar-refractivity contribution in [1.82, 2.24) is 0 Å². The maximum Gasteiger partial charge on any atom is 0.330 e. The second kappa shape index (κ2) is 10.3. The third kappa shape index (κ3) is 10.8. The first-order valence-corrected chi connectivity index (χ1v) is 15.8. The van der Waals surface area contributed by atoms with E-state index >= 15 is 0 Å². The summed E-state index contributed by atoms with van der Waals surface area (Å²) >= 11 is 0. The minimum Gasteiger partial charge on any atom is -0.463 e. The fraction of sp³-hybridized carbons (Fsp3) is 0.667. The van der Waals surface area contributed by atoms with E-state index in [0.29, 0.717) is 6.61 Å². The molecule has 1 atom stereocenters. The molecular weight excluding hydrogens is 356 g/mol. The van der Waals surface area contributed by atoms with Crippen molar-refractivity contribution in [3.63, 3.8) is 0 Å². The average Bonchev–Trinajstić information content (AvgIpc) is 2.46. The Kier molecular flexibility index (Phi) is 9.86. The summed E-state index contributed by atoms with van der Waals surface area (Å²) in [7, 11) is -3.35. The van der Waals surface area contributed by atoms with Crippen LogP contribution in [0.4, 0.5) is 0 Å². The topological polar surface area (TPSA) is 35.5 Å². The van der Waals surface area contributed by atoms with E-state index in [9.17, 15) is 4.79 Å². The van der Waals surface area contributed by atoms with Crippen molar-refractivity contribution < 1.29 is 14.0 Å². The summed E-state index contributed by atoms with van der Waals surface area (Å²) in [5.74, 6) is 3.08. The zero-order valence-electron chi connectivity index (χ0n) is 18.4. The third-order valence-corrected chi connectivity index (χ3v) is 9.65. The first-order chi connectivity index (χ1) is 11.7. The van der Waals surface area contributed by atoms with Crippen LogP contribution in [0.3, 0.4) is 0 Å².